The lowest BCUT2D eigenvalue weighted by molar-refractivity contribution is 0.151. The number of rotatable bonds is 4. The predicted molar refractivity (Wildman–Crippen MR) is 54.4 cm³/mol. The van der Waals surface area contributed by atoms with Crippen LogP contribution in [-0.4, -0.2) is 13.6 Å². The lowest BCUT2D eigenvalue weighted by atomic mass is 10.1. The minimum Gasteiger partial charge on any atom is -0.316 e. The highest BCUT2D eigenvalue weighted by Gasteiger charge is 2.04. The van der Waals surface area contributed by atoms with Gasteiger partial charge in [-0.25, -0.2) is 8.78 Å². The van der Waals surface area contributed by atoms with E-state index >= 15 is 0 Å². The number of benzene rings is 1. The maximum absolute atomic E-state index is 12.2. The fourth-order valence-corrected chi connectivity index (χ4v) is 1.07. The lowest BCUT2D eigenvalue weighted by Crippen LogP contribution is -2.03. The summed E-state index contributed by atoms with van der Waals surface area (Å²) >= 11 is 0. The zero-order valence-electron chi connectivity index (χ0n) is 8.00. The quantitative estimate of drug-likeness (QED) is 0.782. The highest BCUT2D eigenvalue weighted by Crippen LogP contribution is 2.18. The largest absolute Gasteiger partial charge is 0.316 e. The number of alkyl halides is 2. The van der Waals surface area contributed by atoms with Gasteiger partial charge in [-0.2, -0.15) is 0 Å². The van der Waals surface area contributed by atoms with E-state index < -0.39 is 6.43 Å². The molecule has 0 radical (unpaired) electrons. The van der Waals surface area contributed by atoms with Gasteiger partial charge in [-0.3, -0.25) is 0 Å². The smallest absolute Gasteiger partial charge is 0.263 e. The van der Waals surface area contributed by atoms with Crippen LogP contribution in [0.25, 0.3) is 6.08 Å². The van der Waals surface area contributed by atoms with Crippen LogP contribution in [0.2, 0.25) is 0 Å². The van der Waals surface area contributed by atoms with Gasteiger partial charge >= 0.3 is 0 Å². The summed E-state index contributed by atoms with van der Waals surface area (Å²) in [6.45, 7) is 0.774. The van der Waals surface area contributed by atoms with Gasteiger partial charge in [-0.05, 0) is 12.6 Å². The van der Waals surface area contributed by atoms with Gasteiger partial charge in [0.1, 0.15) is 0 Å². The van der Waals surface area contributed by atoms with Crippen molar-refractivity contribution in [2.45, 2.75) is 6.43 Å². The molecule has 1 aromatic rings. The summed E-state index contributed by atoms with van der Waals surface area (Å²) in [5.41, 5.74) is 1.00. The lowest BCUT2D eigenvalue weighted by Gasteiger charge is -1.99. The molecule has 0 aliphatic rings. The van der Waals surface area contributed by atoms with Crippen LogP contribution in [0.5, 0.6) is 0 Å². The van der Waals surface area contributed by atoms with E-state index in [4.69, 9.17) is 0 Å². The molecular weight excluding hydrogens is 184 g/mol. The van der Waals surface area contributed by atoms with Gasteiger partial charge in [0.2, 0.25) is 0 Å². The van der Waals surface area contributed by atoms with Crippen LogP contribution in [0.3, 0.4) is 0 Å². The van der Waals surface area contributed by atoms with Crippen molar-refractivity contribution in [2.24, 2.45) is 0 Å². The first-order chi connectivity index (χ1) is 6.74. The van der Waals surface area contributed by atoms with Gasteiger partial charge in [0.15, 0.2) is 0 Å². The van der Waals surface area contributed by atoms with E-state index in [1.165, 1.54) is 12.1 Å². The normalized spacial score (nSPS) is 11.4. The average Bonchev–Trinajstić information content (AvgIpc) is 2.19. The Morgan fingerprint density at radius 1 is 1.29 bits per heavy atom. The molecule has 0 spiro atoms. The second-order valence-corrected chi connectivity index (χ2v) is 2.93. The van der Waals surface area contributed by atoms with Crippen LogP contribution in [0.1, 0.15) is 17.6 Å². The van der Waals surface area contributed by atoms with Crippen LogP contribution >= 0.6 is 0 Å². The highest BCUT2D eigenvalue weighted by atomic mass is 19.3. The molecule has 1 aromatic carbocycles. The second kappa shape index (κ2) is 5.50. The number of halogens is 2. The highest BCUT2D eigenvalue weighted by molar-refractivity contribution is 5.49. The minimum atomic E-state index is -2.38. The molecule has 0 heterocycles. The minimum absolute atomic E-state index is 0.0655. The zero-order valence-corrected chi connectivity index (χ0v) is 8.00. The molecule has 0 aliphatic carbocycles. The predicted octanol–water partition coefficient (Wildman–Crippen LogP) is 2.86. The van der Waals surface area contributed by atoms with Crippen molar-refractivity contribution in [3.05, 3.63) is 41.5 Å². The monoisotopic (exact) mass is 197 g/mol. The second-order valence-electron chi connectivity index (χ2n) is 2.93. The Bertz CT molecular complexity index is 291. The summed E-state index contributed by atoms with van der Waals surface area (Å²) in [6.07, 6.45) is 1.45. The Hall–Kier alpha value is -1.22. The molecule has 1 nitrogen and oxygen atoms in total. The SMILES string of the molecule is CNCC=Cc1ccc(C(F)F)cc1. The van der Waals surface area contributed by atoms with Crippen molar-refractivity contribution in [2.75, 3.05) is 13.6 Å². The molecule has 0 saturated carbocycles. The van der Waals surface area contributed by atoms with Gasteiger partial charge in [0, 0.05) is 12.1 Å². The first-order valence-corrected chi connectivity index (χ1v) is 4.43. The number of hydrogen-bond acceptors (Lipinski definition) is 1. The average molecular weight is 197 g/mol. The zero-order chi connectivity index (χ0) is 10.4. The molecule has 1 N–H and O–H groups in total. The topological polar surface area (TPSA) is 12.0 Å². The first kappa shape index (κ1) is 10.9. The first-order valence-electron chi connectivity index (χ1n) is 4.43. The standard InChI is InChI=1S/C11H13F2N/c1-14-8-2-3-9-4-6-10(7-5-9)11(12)13/h2-7,11,14H,8H2,1H3. The van der Waals surface area contributed by atoms with Gasteiger partial charge in [-0.1, -0.05) is 36.4 Å². The number of nitrogens with one attached hydrogen (secondary N) is 1. The van der Waals surface area contributed by atoms with Gasteiger partial charge < -0.3 is 5.32 Å². The molecule has 14 heavy (non-hydrogen) atoms. The Morgan fingerprint density at radius 2 is 1.93 bits per heavy atom. The van der Waals surface area contributed by atoms with Gasteiger partial charge in [0.05, 0.1) is 0 Å². The molecule has 0 aliphatic heterocycles. The van der Waals surface area contributed by atoms with Crippen molar-refractivity contribution < 1.29 is 8.78 Å². The Balaban J connectivity index is 2.64. The molecule has 0 amide bonds. The number of likely N-dealkylation sites (N-methyl/N-ethyl adjacent to an activating group) is 1. The summed E-state index contributed by atoms with van der Waals surface area (Å²) in [5, 5.41) is 2.96. The molecule has 0 aromatic heterocycles. The Labute approximate surface area is 82.4 Å². The Morgan fingerprint density at radius 3 is 2.43 bits per heavy atom. The van der Waals surface area contributed by atoms with E-state index in [-0.39, 0.29) is 5.56 Å². The van der Waals surface area contributed by atoms with E-state index in [1.807, 2.05) is 19.2 Å². The van der Waals surface area contributed by atoms with Gasteiger partial charge in [-0.15, -0.1) is 0 Å². The maximum Gasteiger partial charge on any atom is 0.263 e. The van der Waals surface area contributed by atoms with E-state index in [0.717, 1.165) is 12.1 Å². The van der Waals surface area contributed by atoms with Crippen molar-refractivity contribution in [3.63, 3.8) is 0 Å². The van der Waals surface area contributed by atoms with Crippen LogP contribution in [0.4, 0.5) is 8.78 Å². The molecule has 3 heteroatoms. The molecular formula is C11H13F2N. The van der Waals surface area contributed by atoms with Crippen molar-refractivity contribution in [3.8, 4) is 0 Å². The van der Waals surface area contributed by atoms with Crippen LogP contribution in [-0.2, 0) is 0 Å². The van der Waals surface area contributed by atoms with E-state index in [9.17, 15) is 8.78 Å². The maximum atomic E-state index is 12.2. The molecule has 76 valence electrons. The molecule has 1 rings (SSSR count). The third-order valence-electron chi connectivity index (χ3n) is 1.82. The van der Waals surface area contributed by atoms with Gasteiger partial charge in [0.25, 0.3) is 6.43 Å². The number of hydrogen-bond donors (Lipinski definition) is 1. The molecule has 0 saturated heterocycles. The van der Waals surface area contributed by atoms with Crippen LogP contribution in [0, 0.1) is 0 Å². The molecule has 0 fully saturated rings. The van der Waals surface area contributed by atoms with E-state index in [0.29, 0.717) is 0 Å². The van der Waals surface area contributed by atoms with Crippen molar-refractivity contribution >= 4 is 6.08 Å². The summed E-state index contributed by atoms with van der Waals surface area (Å²) in [7, 11) is 1.85. The summed E-state index contributed by atoms with van der Waals surface area (Å²) in [4.78, 5) is 0. The van der Waals surface area contributed by atoms with E-state index in [2.05, 4.69) is 5.32 Å². The Kier molecular flexibility index (Phi) is 4.26. The third kappa shape index (κ3) is 3.26. The van der Waals surface area contributed by atoms with Crippen LogP contribution in [0.15, 0.2) is 30.3 Å². The van der Waals surface area contributed by atoms with Crippen molar-refractivity contribution in [1.82, 2.24) is 5.32 Å². The summed E-state index contributed by atoms with van der Waals surface area (Å²) in [5.74, 6) is 0. The van der Waals surface area contributed by atoms with E-state index in [1.54, 1.807) is 12.1 Å². The van der Waals surface area contributed by atoms with Crippen molar-refractivity contribution in [1.29, 1.82) is 0 Å². The summed E-state index contributed by atoms with van der Waals surface area (Å²) < 4.78 is 24.4. The van der Waals surface area contributed by atoms with Crippen LogP contribution < -0.4 is 5.32 Å². The molecule has 0 atom stereocenters. The molecule has 0 bridgehead atoms. The summed E-state index contributed by atoms with van der Waals surface area (Å²) in [6, 6.07) is 6.27. The third-order valence-corrected chi connectivity index (χ3v) is 1.82. The fourth-order valence-electron chi connectivity index (χ4n) is 1.07. The fraction of sp³-hybridized carbons (Fsp3) is 0.273. The molecule has 0 unspecified atom stereocenters.